The second-order valence-electron chi connectivity index (χ2n) is 11.3. The topological polar surface area (TPSA) is 121 Å². The smallest absolute Gasteiger partial charge is 0.338 e. The number of nitrogens with zero attached hydrogens (tertiary/aromatic N) is 1. The van der Waals surface area contributed by atoms with Gasteiger partial charge in [0.15, 0.2) is 0 Å². The summed E-state index contributed by atoms with van der Waals surface area (Å²) in [5.41, 5.74) is 4.58. The summed E-state index contributed by atoms with van der Waals surface area (Å²) in [4.78, 5) is 59.2. The molecule has 7 rings (SSSR count). The number of nitrogens with one attached hydrogen (secondary N) is 3. The average molecular weight is 563 g/mol. The predicted octanol–water partition coefficient (Wildman–Crippen LogP) is 4.13. The zero-order valence-corrected chi connectivity index (χ0v) is 23.5. The van der Waals surface area contributed by atoms with Crippen LogP contribution < -0.4 is 15.5 Å². The molecule has 3 aliphatic heterocycles. The molecule has 3 aliphatic rings. The number of fused-ring (bicyclic) bond motifs is 5. The van der Waals surface area contributed by atoms with E-state index in [1.54, 1.807) is 31.2 Å². The van der Waals surface area contributed by atoms with Crippen molar-refractivity contribution >= 4 is 46.0 Å². The number of hydrogen-bond acceptors (Lipinski definition) is 6. The normalized spacial score (nSPS) is 24.4. The number of amides is 3. The van der Waals surface area contributed by atoms with Crippen molar-refractivity contribution in [2.75, 3.05) is 16.8 Å². The number of H-pyrrole nitrogens is 1. The molecule has 0 saturated carbocycles. The van der Waals surface area contributed by atoms with Gasteiger partial charge in [-0.05, 0) is 74.2 Å². The molecule has 3 amide bonds. The summed E-state index contributed by atoms with van der Waals surface area (Å²) in [6.07, 6.45) is 2.37. The Balaban J connectivity index is 1.34. The largest absolute Gasteiger partial charge is 0.462 e. The maximum atomic E-state index is 14.3. The monoisotopic (exact) mass is 562 g/mol. The molecule has 0 aliphatic carbocycles. The molecule has 9 nitrogen and oxygen atoms in total. The van der Waals surface area contributed by atoms with Crippen LogP contribution in [0.4, 0.5) is 11.4 Å². The molecule has 2 fully saturated rings. The SMILES string of the molecule is CCOC(=O)c1ccc(N2C(=O)C3C(Cc4c[nH]c5ccccc45)NC4(C(=O)Nc5c4ccc(C)c5C)C3C2=O)cc1. The molecular formula is C33H30N4O5. The zero-order valence-electron chi connectivity index (χ0n) is 23.5. The molecule has 4 aromatic rings. The van der Waals surface area contributed by atoms with Gasteiger partial charge in [-0.15, -0.1) is 0 Å². The number of esters is 1. The number of carbonyl (C=O) groups excluding carboxylic acids is 4. The lowest BCUT2D eigenvalue weighted by Crippen LogP contribution is -2.53. The first-order valence-electron chi connectivity index (χ1n) is 14.2. The van der Waals surface area contributed by atoms with Crippen LogP contribution in [0.25, 0.3) is 10.9 Å². The van der Waals surface area contributed by atoms with Gasteiger partial charge in [0, 0.05) is 34.4 Å². The summed E-state index contributed by atoms with van der Waals surface area (Å²) >= 11 is 0. The summed E-state index contributed by atoms with van der Waals surface area (Å²) in [5.74, 6) is -3.35. The van der Waals surface area contributed by atoms with Gasteiger partial charge in [0.05, 0.1) is 29.7 Å². The number of aromatic nitrogens is 1. The number of imide groups is 1. The van der Waals surface area contributed by atoms with Gasteiger partial charge in [0.1, 0.15) is 5.54 Å². The van der Waals surface area contributed by atoms with Crippen molar-refractivity contribution in [2.45, 2.75) is 38.8 Å². The summed E-state index contributed by atoms with van der Waals surface area (Å²) in [7, 11) is 0. The third-order valence-electron chi connectivity index (χ3n) is 9.17. The Kier molecular flexibility index (Phi) is 5.85. The molecule has 0 radical (unpaired) electrons. The lowest BCUT2D eigenvalue weighted by molar-refractivity contribution is -0.130. The molecule has 42 heavy (non-hydrogen) atoms. The van der Waals surface area contributed by atoms with E-state index in [1.807, 2.05) is 56.4 Å². The van der Waals surface area contributed by atoms with E-state index in [4.69, 9.17) is 4.74 Å². The number of rotatable bonds is 5. The lowest BCUT2D eigenvalue weighted by Gasteiger charge is -2.29. The van der Waals surface area contributed by atoms with E-state index in [1.165, 1.54) is 4.90 Å². The molecule has 3 N–H and O–H groups in total. The Labute approximate surface area is 242 Å². The average Bonchev–Trinajstić information content (AvgIpc) is 3.70. The van der Waals surface area contributed by atoms with Crippen LogP contribution in [0.15, 0.2) is 66.9 Å². The molecule has 0 bridgehead atoms. The van der Waals surface area contributed by atoms with Crippen LogP contribution in [-0.2, 0) is 31.1 Å². The number of aryl methyl sites for hydroxylation is 1. The first-order chi connectivity index (χ1) is 20.3. The van der Waals surface area contributed by atoms with Crippen molar-refractivity contribution in [3.8, 4) is 0 Å². The maximum Gasteiger partial charge on any atom is 0.338 e. The number of aromatic amines is 1. The van der Waals surface area contributed by atoms with Gasteiger partial charge in [0.2, 0.25) is 17.7 Å². The Morgan fingerprint density at radius 1 is 0.976 bits per heavy atom. The van der Waals surface area contributed by atoms with E-state index >= 15 is 0 Å². The number of ether oxygens (including phenoxy) is 1. The van der Waals surface area contributed by atoms with E-state index in [9.17, 15) is 19.2 Å². The fourth-order valence-corrected chi connectivity index (χ4v) is 7.05. The zero-order chi connectivity index (χ0) is 29.3. The highest BCUT2D eigenvalue weighted by Crippen LogP contribution is 2.54. The number of para-hydroxylation sites is 1. The fourth-order valence-electron chi connectivity index (χ4n) is 7.05. The van der Waals surface area contributed by atoms with E-state index in [2.05, 4.69) is 15.6 Å². The molecule has 4 heterocycles. The Bertz CT molecular complexity index is 1810. The van der Waals surface area contributed by atoms with Gasteiger partial charge in [-0.25, -0.2) is 9.69 Å². The standard InChI is InChI=1S/C33H30N4O5/c1-4-42-31(40)19-10-12-21(13-11-19)37-29(38)26-25(15-20-16-34-24-8-6-5-7-22(20)24)36-33(27(26)30(37)39)23-14-9-17(2)18(3)28(23)35-32(33)41/h5-14,16,25-27,34,36H,4,15H2,1-3H3,(H,35,41). The second kappa shape index (κ2) is 9.39. The van der Waals surface area contributed by atoms with E-state index in [0.29, 0.717) is 28.9 Å². The van der Waals surface area contributed by atoms with Crippen LogP contribution in [-0.4, -0.2) is 41.3 Å². The van der Waals surface area contributed by atoms with E-state index < -0.39 is 35.3 Å². The van der Waals surface area contributed by atoms with Gasteiger partial charge in [-0.3, -0.25) is 19.7 Å². The highest BCUT2D eigenvalue weighted by atomic mass is 16.5. The van der Waals surface area contributed by atoms with Crippen molar-refractivity contribution in [3.63, 3.8) is 0 Å². The van der Waals surface area contributed by atoms with Crippen molar-refractivity contribution in [1.29, 1.82) is 0 Å². The first-order valence-corrected chi connectivity index (χ1v) is 14.2. The van der Waals surface area contributed by atoms with Crippen LogP contribution in [0.2, 0.25) is 0 Å². The van der Waals surface area contributed by atoms with Crippen LogP contribution in [0.3, 0.4) is 0 Å². The minimum atomic E-state index is -1.40. The number of carbonyl (C=O) groups is 4. The lowest BCUT2D eigenvalue weighted by atomic mass is 9.75. The fraction of sp³-hybridized carbons (Fsp3) is 0.273. The summed E-state index contributed by atoms with van der Waals surface area (Å²) in [6.45, 7) is 5.89. The van der Waals surface area contributed by atoms with E-state index in [-0.39, 0.29) is 18.4 Å². The molecule has 3 aromatic carbocycles. The van der Waals surface area contributed by atoms with Crippen molar-refractivity contribution < 1.29 is 23.9 Å². The van der Waals surface area contributed by atoms with E-state index in [0.717, 1.165) is 27.6 Å². The van der Waals surface area contributed by atoms with Crippen LogP contribution in [0, 0.1) is 25.7 Å². The Hall–Kier alpha value is -4.76. The molecule has 212 valence electrons. The highest BCUT2D eigenvalue weighted by molar-refractivity contribution is 6.26. The van der Waals surface area contributed by atoms with Gasteiger partial charge >= 0.3 is 5.97 Å². The van der Waals surface area contributed by atoms with Crippen LogP contribution in [0.5, 0.6) is 0 Å². The summed E-state index contributed by atoms with van der Waals surface area (Å²) < 4.78 is 5.08. The quantitative estimate of drug-likeness (QED) is 0.249. The second-order valence-corrected chi connectivity index (χ2v) is 11.3. The number of anilines is 2. The van der Waals surface area contributed by atoms with Crippen molar-refractivity contribution in [1.82, 2.24) is 10.3 Å². The third kappa shape index (κ3) is 3.53. The predicted molar refractivity (Wildman–Crippen MR) is 157 cm³/mol. The Morgan fingerprint density at radius 3 is 2.50 bits per heavy atom. The summed E-state index contributed by atoms with van der Waals surface area (Å²) in [6, 6.07) is 17.5. The first kappa shape index (κ1) is 26.2. The van der Waals surface area contributed by atoms with Crippen molar-refractivity contribution in [3.05, 3.63) is 94.7 Å². The number of hydrogen-bond donors (Lipinski definition) is 3. The Morgan fingerprint density at radius 2 is 1.74 bits per heavy atom. The molecule has 9 heteroatoms. The minimum absolute atomic E-state index is 0.239. The maximum absolute atomic E-state index is 14.3. The van der Waals surface area contributed by atoms with Crippen LogP contribution >= 0.6 is 0 Å². The summed E-state index contributed by atoms with van der Waals surface area (Å²) in [5, 5.41) is 7.61. The highest BCUT2D eigenvalue weighted by Gasteiger charge is 2.70. The molecular weight excluding hydrogens is 532 g/mol. The molecule has 1 spiro atoms. The van der Waals surface area contributed by atoms with Gasteiger partial charge in [-0.1, -0.05) is 30.3 Å². The van der Waals surface area contributed by atoms with Gasteiger partial charge < -0.3 is 15.0 Å². The molecule has 2 saturated heterocycles. The minimum Gasteiger partial charge on any atom is -0.462 e. The van der Waals surface area contributed by atoms with Crippen LogP contribution in [0.1, 0.15) is 39.5 Å². The van der Waals surface area contributed by atoms with Crippen molar-refractivity contribution in [2.24, 2.45) is 11.8 Å². The van der Waals surface area contributed by atoms with Gasteiger partial charge in [0.25, 0.3) is 0 Å². The van der Waals surface area contributed by atoms with Gasteiger partial charge in [-0.2, -0.15) is 0 Å². The molecule has 1 aromatic heterocycles. The molecule has 4 atom stereocenters. The molecule has 4 unspecified atom stereocenters. The third-order valence-corrected chi connectivity index (χ3v) is 9.17. The number of benzene rings is 3.